The highest BCUT2D eigenvalue weighted by atomic mass is 32.2. The third-order valence-electron chi connectivity index (χ3n) is 5.47. The molecule has 3 rings (SSSR count). The molecule has 0 aliphatic rings. The Morgan fingerprint density at radius 3 is 2.50 bits per heavy atom. The number of aromatic nitrogens is 2. The Hall–Kier alpha value is -3.35. The van der Waals surface area contributed by atoms with Crippen molar-refractivity contribution in [3.05, 3.63) is 54.4 Å². The second-order valence-electron chi connectivity index (χ2n) is 9.03. The number of sulfonamides is 1. The number of nitrogens with zero attached hydrogens (tertiary/aromatic N) is 2. The second kappa shape index (κ2) is 11.6. The van der Waals surface area contributed by atoms with Crippen LogP contribution in [0.15, 0.2) is 57.9 Å². The fourth-order valence-electron chi connectivity index (χ4n) is 3.15. The van der Waals surface area contributed by atoms with Gasteiger partial charge in [0.1, 0.15) is 6.67 Å². The first-order valence-electron chi connectivity index (χ1n) is 11.5. The molecule has 0 spiro atoms. The Morgan fingerprint density at radius 1 is 1.14 bits per heavy atom. The van der Waals surface area contributed by atoms with Crippen LogP contribution in [0.1, 0.15) is 45.0 Å². The maximum Gasteiger partial charge on any atom is 0.261 e. The van der Waals surface area contributed by atoms with Crippen molar-refractivity contribution in [2.24, 2.45) is 16.9 Å². The van der Waals surface area contributed by atoms with Gasteiger partial charge in [0.2, 0.25) is 17.6 Å². The normalized spacial score (nSPS) is 12.8. The molecule has 0 saturated heterocycles. The van der Waals surface area contributed by atoms with Crippen LogP contribution < -0.4 is 21.5 Å². The Labute approximate surface area is 209 Å². The first-order valence-corrected chi connectivity index (χ1v) is 12.9. The zero-order chi connectivity index (χ0) is 26.3. The molecule has 1 heterocycles. The number of amides is 1. The molecule has 0 radical (unpaired) electrons. The molecule has 0 bridgehead atoms. The van der Waals surface area contributed by atoms with E-state index in [9.17, 15) is 17.6 Å². The maximum absolute atomic E-state index is 13.1. The Morgan fingerprint density at radius 2 is 1.83 bits per heavy atom. The van der Waals surface area contributed by atoms with E-state index in [2.05, 4.69) is 20.2 Å². The maximum atomic E-state index is 13.1. The fourth-order valence-corrected chi connectivity index (χ4v) is 4.20. The van der Waals surface area contributed by atoms with Crippen molar-refractivity contribution in [3.8, 4) is 11.4 Å². The lowest BCUT2D eigenvalue weighted by molar-refractivity contribution is -0.124. The van der Waals surface area contributed by atoms with Crippen LogP contribution >= 0.6 is 0 Å². The van der Waals surface area contributed by atoms with Crippen LogP contribution in [-0.4, -0.2) is 37.7 Å². The van der Waals surface area contributed by atoms with Gasteiger partial charge in [-0.25, -0.2) is 12.8 Å². The number of carbonyl (C=O) groups excluding carboxylic acids is 1. The molecular formula is C24H31FN6O4S. The van der Waals surface area contributed by atoms with Crippen LogP contribution in [-0.2, 0) is 14.8 Å². The van der Waals surface area contributed by atoms with Crippen LogP contribution in [0.3, 0.4) is 0 Å². The summed E-state index contributed by atoms with van der Waals surface area (Å²) in [5, 5.41) is 6.54. The molecule has 12 heteroatoms. The topological polar surface area (TPSA) is 166 Å². The summed E-state index contributed by atoms with van der Waals surface area (Å²) in [6.07, 6.45) is 2.37. The lowest BCUT2D eigenvalue weighted by Gasteiger charge is -2.19. The molecular weight excluding hydrogens is 487 g/mol. The monoisotopic (exact) mass is 518 g/mol. The second-order valence-corrected chi connectivity index (χ2v) is 10.7. The molecule has 0 aliphatic heterocycles. The third kappa shape index (κ3) is 6.86. The number of nitrogens with two attached hydrogens (primary N) is 2. The van der Waals surface area contributed by atoms with Gasteiger partial charge in [-0.15, -0.1) is 0 Å². The summed E-state index contributed by atoms with van der Waals surface area (Å²) in [4.78, 5) is 16.5. The lowest BCUT2D eigenvalue weighted by Crippen LogP contribution is -2.32. The zero-order valence-corrected chi connectivity index (χ0v) is 21.0. The van der Waals surface area contributed by atoms with Crippen molar-refractivity contribution < 1.29 is 22.1 Å². The largest absolute Gasteiger partial charge is 0.337 e. The van der Waals surface area contributed by atoms with E-state index >= 15 is 0 Å². The van der Waals surface area contributed by atoms with E-state index in [0.717, 1.165) is 12.8 Å². The smallest absolute Gasteiger partial charge is 0.261 e. The van der Waals surface area contributed by atoms with E-state index in [-0.39, 0.29) is 10.6 Å². The number of hydrogen-bond donors (Lipinski definition) is 4. The molecule has 1 atom stereocenters. The summed E-state index contributed by atoms with van der Waals surface area (Å²) < 4.78 is 46.6. The molecule has 0 saturated carbocycles. The highest BCUT2D eigenvalue weighted by Crippen LogP contribution is 2.25. The molecule has 1 aromatic heterocycles. The van der Waals surface area contributed by atoms with Gasteiger partial charge in [0.25, 0.3) is 10.0 Å². The van der Waals surface area contributed by atoms with Crippen molar-refractivity contribution in [1.29, 1.82) is 0 Å². The van der Waals surface area contributed by atoms with Crippen molar-refractivity contribution in [2.75, 3.05) is 23.3 Å². The average molecular weight is 519 g/mol. The number of anilines is 2. The van der Waals surface area contributed by atoms with Gasteiger partial charge < -0.3 is 21.3 Å². The van der Waals surface area contributed by atoms with E-state index < -0.39 is 34.1 Å². The van der Waals surface area contributed by atoms with Crippen LogP contribution in [0, 0.1) is 5.41 Å². The molecule has 10 nitrogen and oxygen atoms in total. The minimum atomic E-state index is -3.93. The Balaban J connectivity index is 1.69. The molecule has 1 unspecified atom stereocenters. The average Bonchev–Trinajstić information content (AvgIpc) is 3.35. The molecule has 194 valence electrons. The number of carbonyl (C=O) groups is 1. The number of benzene rings is 2. The van der Waals surface area contributed by atoms with Gasteiger partial charge in [-0.3, -0.25) is 9.52 Å². The van der Waals surface area contributed by atoms with Gasteiger partial charge in [0, 0.05) is 11.3 Å². The first kappa shape index (κ1) is 27.2. The van der Waals surface area contributed by atoms with Gasteiger partial charge in [0.05, 0.1) is 22.0 Å². The van der Waals surface area contributed by atoms with E-state index in [1.807, 2.05) is 0 Å². The fraction of sp³-hybridized carbons (Fsp3) is 0.375. The van der Waals surface area contributed by atoms with Gasteiger partial charge >= 0.3 is 0 Å². The first-order chi connectivity index (χ1) is 17.1. The standard InChI is InChI=1S/C24H31FN6O4S/c1-24(2,15-25)23(32)28-17-6-5-7-18(14-17)31-36(33,34)19-11-9-16(10-12-19)21-29-22(35-30-21)20(27)8-3-4-13-26/h5-7,9-12,14,20,31H,3-4,8,13,15,26-27H2,1-2H3,(H,28,32). The lowest BCUT2D eigenvalue weighted by atomic mass is 9.94. The SMILES string of the molecule is CC(C)(CF)C(=O)Nc1cccc(NS(=O)(=O)c2ccc(-c3noc(C(N)CCCCN)n3)cc2)c1. The van der Waals surface area contributed by atoms with Crippen LogP contribution in [0.4, 0.5) is 15.8 Å². The van der Waals surface area contributed by atoms with Gasteiger partial charge in [0.15, 0.2) is 0 Å². The number of hydrogen-bond acceptors (Lipinski definition) is 8. The van der Waals surface area contributed by atoms with E-state index in [4.69, 9.17) is 16.0 Å². The highest BCUT2D eigenvalue weighted by Gasteiger charge is 2.27. The summed E-state index contributed by atoms with van der Waals surface area (Å²) in [6, 6.07) is 11.7. The van der Waals surface area contributed by atoms with Crippen molar-refractivity contribution in [1.82, 2.24) is 10.1 Å². The van der Waals surface area contributed by atoms with E-state index in [1.54, 1.807) is 30.3 Å². The summed E-state index contributed by atoms with van der Waals surface area (Å²) in [5.74, 6) is 0.0971. The summed E-state index contributed by atoms with van der Waals surface area (Å²) in [5.41, 5.74) is 11.5. The number of halogens is 1. The number of alkyl halides is 1. The van der Waals surface area contributed by atoms with E-state index in [1.165, 1.54) is 32.0 Å². The van der Waals surface area contributed by atoms with Crippen molar-refractivity contribution >= 4 is 27.3 Å². The van der Waals surface area contributed by atoms with Crippen LogP contribution in [0.25, 0.3) is 11.4 Å². The molecule has 2 aromatic carbocycles. The third-order valence-corrected chi connectivity index (χ3v) is 6.87. The highest BCUT2D eigenvalue weighted by molar-refractivity contribution is 7.92. The Kier molecular flexibility index (Phi) is 8.77. The zero-order valence-electron chi connectivity index (χ0n) is 20.2. The predicted molar refractivity (Wildman–Crippen MR) is 135 cm³/mol. The number of rotatable bonds is 12. The van der Waals surface area contributed by atoms with Crippen LogP contribution in [0.5, 0.6) is 0 Å². The van der Waals surface area contributed by atoms with Crippen molar-refractivity contribution in [3.63, 3.8) is 0 Å². The number of nitrogens with one attached hydrogen (secondary N) is 2. The predicted octanol–water partition coefficient (Wildman–Crippen LogP) is 3.60. The quantitative estimate of drug-likeness (QED) is 0.264. The molecule has 36 heavy (non-hydrogen) atoms. The van der Waals surface area contributed by atoms with E-state index in [0.29, 0.717) is 35.9 Å². The summed E-state index contributed by atoms with van der Waals surface area (Å²) in [7, 11) is -3.93. The summed E-state index contributed by atoms with van der Waals surface area (Å²) in [6.45, 7) is 2.72. The molecule has 1 amide bonds. The minimum absolute atomic E-state index is 0.0152. The van der Waals surface area contributed by atoms with Crippen LogP contribution in [0.2, 0.25) is 0 Å². The molecule has 3 aromatic rings. The van der Waals surface area contributed by atoms with Gasteiger partial charge in [-0.05, 0) is 75.7 Å². The molecule has 0 fully saturated rings. The summed E-state index contributed by atoms with van der Waals surface area (Å²) >= 11 is 0. The van der Waals surface area contributed by atoms with Crippen molar-refractivity contribution in [2.45, 2.75) is 44.0 Å². The molecule has 6 N–H and O–H groups in total. The Bertz CT molecular complexity index is 1280. The van der Waals surface area contributed by atoms with Gasteiger partial charge in [-0.2, -0.15) is 4.98 Å². The minimum Gasteiger partial charge on any atom is -0.337 e. The molecule has 0 aliphatic carbocycles. The van der Waals surface area contributed by atoms with Gasteiger partial charge in [-0.1, -0.05) is 17.6 Å². The number of unbranched alkanes of at least 4 members (excludes halogenated alkanes) is 1.